The smallest absolute Gasteiger partial charge is 0.243 e. The summed E-state index contributed by atoms with van der Waals surface area (Å²) in [5.74, 6) is 7.59. The lowest BCUT2D eigenvalue weighted by Gasteiger charge is -2.18. The summed E-state index contributed by atoms with van der Waals surface area (Å²) in [5, 5.41) is 12.6. The molecule has 1 aromatic rings. The van der Waals surface area contributed by atoms with Gasteiger partial charge in [-0.05, 0) is 24.7 Å². The summed E-state index contributed by atoms with van der Waals surface area (Å²) in [7, 11) is 3.72. The largest absolute Gasteiger partial charge is 0.396 e. The van der Waals surface area contributed by atoms with E-state index >= 15 is 0 Å². The second-order valence-corrected chi connectivity index (χ2v) is 5.34. The Morgan fingerprint density at radius 2 is 1.90 bits per heavy atom. The third-order valence-corrected chi connectivity index (χ3v) is 3.73. The van der Waals surface area contributed by atoms with E-state index in [-0.39, 0.29) is 6.61 Å². The van der Waals surface area contributed by atoms with Crippen molar-refractivity contribution in [2.24, 2.45) is 17.7 Å². The van der Waals surface area contributed by atoms with Gasteiger partial charge in [-0.2, -0.15) is 15.0 Å². The van der Waals surface area contributed by atoms with Gasteiger partial charge in [0.25, 0.3) is 0 Å². The van der Waals surface area contributed by atoms with Gasteiger partial charge < -0.3 is 15.3 Å². The molecule has 1 fully saturated rings. The number of hydrogen-bond donors (Lipinski definition) is 4. The van der Waals surface area contributed by atoms with Crippen molar-refractivity contribution in [1.82, 2.24) is 15.0 Å². The summed E-state index contributed by atoms with van der Waals surface area (Å²) < 4.78 is 0. The van der Waals surface area contributed by atoms with Crippen LogP contribution in [0.15, 0.2) is 0 Å². The predicted octanol–water partition coefficient (Wildman–Crippen LogP) is 0.0437. The number of nitrogen functional groups attached to an aromatic ring is 1. The molecule has 0 radical (unpaired) electrons. The van der Waals surface area contributed by atoms with Crippen LogP contribution in [-0.2, 0) is 0 Å². The molecule has 8 heteroatoms. The van der Waals surface area contributed by atoms with Crippen molar-refractivity contribution < 1.29 is 5.11 Å². The zero-order valence-electron chi connectivity index (χ0n) is 12.0. The fraction of sp³-hybridized carbons (Fsp3) is 0.750. The molecule has 20 heavy (non-hydrogen) atoms. The van der Waals surface area contributed by atoms with E-state index < -0.39 is 0 Å². The van der Waals surface area contributed by atoms with Crippen LogP contribution in [0.1, 0.15) is 19.3 Å². The Kier molecular flexibility index (Phi) is 4.91. The summed E-state index contributed by atoms with van der Waals surface area (Å²) in [4.78, 5) is 14.5. The van der Waals surface area contributed by atoms with Crippen molar-refractivity contribution in [3.8, 4) is 0 Å². The minimum Gasteiger partial charge on any atom is -0.396 e. The minimum absolute atomic E-state index is 0.252. The van der Waals surface area contributed by atoms with Crippen LogP contribution in [0.5, 0.6) is 0 Å². The van der Waals surface area contributed by atoms with Crippen LogP contribution >= 0.6 is 0 Å². The zero-order valence-corrected chi connectivity index (χ0v) is 12.0. The van der Waals surface area contributed by atoms with Crippen molar-refractivity contribution in [3.63, 3.8) is 0 Å². The summed E-state index contributed by atoms with van der Waals surface area (Å²) >= 11 is 0. The number of aliphatic hydroxyl groups is 1. The van der Waals surface area contributed by atoms with Gasteiger partial charge in [0.15, 0.2) is 0 Å². The van der Waals surface area contributed by atoms with Crippen molar-refractivity contribution in [2.45, 2.75) is 19.3 Å². The molecule has 0 saturated heterocycles. The maximum Gasteiger partial charge on any atom is 0.243 e. The van der Waals surface area contributed by atoms with E-state index in [0.717, 1.165) is 19.4 Å². The first kappa shape index (κ1) is 14.7. The van der Waals surface area contributed by atoms with E-state index in [1.807, 2.05) is 14.1 Å². The molecule has 2 unspecified atom stereocenters. The summed E-state index contributed by atoms with van der Waals surface area (Å²) in [6.07, 6.45) is 3.40. The molecule has 5 N–H and O–H groups in total. The number of hydrogen-bond acceptors (Lipinski definition) is 8. The molecule has 0 spiro atoms. The molecule has 0 bridgehead atoms. The number of nitrogens with zero attached hydrogens (tertiary/aromatic N) is 4. The molecule has 1 aliphatic rings. The molecule has 2 rings (SSSR count). The zero-order chi connectivity index (χ0) is 14.5. The SMILES string of the molecule is CN(C)c1nc(NN)nc(NCC2CCCC2CO)n1. The van der Waals surface area contributed by atoms with Gasteiger partial charge in [0, 0.05) is 27.2 Å². The lowest BCUT2D eigenvalue weighted by molar-refractivity contribution is 0.199. The third kappa shape index (κ3) is 3.45. The van der Waals surface area contributed by atoms with Gasteiger partial charge in [0.1, 0.15) is 0 Å². The standard InChI is InChI=1S/C12H23N7O/c1-19(2)12-16-10(15-11(17-12)18-13)14-6-8-4-3-5-9(8)7-20/h8-9,20H,3-7,13H2,1-2H3,(H2,14,15,16,17,18). The highest BCUT2D eigenvalue weighted by Crippen LogP contribution is 2.31. The fourth-order valence-corrected chi connectivity index (χ4v) is 2.55. The molecular weight excluding hydrogens is 258 g/mol. The average Bonchev–Trinajstić information content (AvgIpc) is 2.92. The van der Waals surface area contributed by atoms with E-state index in [4.69, 9.17) is 5.84 Å². The number of aromatic nitrogens is 3. The Morgan fingerprint density at radius 3 is 2.55 bits per heavy atom. The normalized spacial score (nSPS) is 21.8. The highest BCUT2D eigenvalue weighted by Gasteiger charge is 2.26. The highest BCUT2D eigenvalue weighted by atomic mass is 16.3. The topological polar surface area (TPSA) is 112 Å². The molecule has 0 aromatic carbocycles. The van der Waals surface area contributed by atoms with E-state index in [1.54, 1.807) is 4.90 Å². The Labute approximate surface area is 118 Å². The molecular formula is C12H23N7O. The van der Waals surface area contributed by atoms with Gasteiger partial charge in [-0.25, -0.2) is 5.84 Å². The second kappa shape index (κ2) is 6.67. The number of anilines is 3. The van der Waals surface area contributed by atoms with Crippen LogP contribution < -0.4 is 21.5 Å². The van der Waals surface area contributed by atoms with Crippen LogP contribution in [-0.4, -0.2) is 47.3 Å². The summed E-state index contributed by atoms with van der Waals surface area (Å²) in [5.41, 5.74) is 2.44. The van der Waals surface area contributed by atoms with E-state index in [1.165, 1.54) is 6.42 Å². The number of nitrogens with two attached hydrogens (primary N) is 1. The van der Waals surface area contributed by atoms with Gasteiger partial charge in [-0.15, -0.1) is 0 Å². The summed E-state index contributed by atoms with van der Waals surface area (Å²) in [6, 6.07) is 0. The number of rotatable bonds is 6. The van der Waals surface area contributed by atoms with Gasteiger partial charge in [-0.1, -0.05) is 6.42 Å². The van der Waals surface area contributed by atoms with E-state index in [9.17, 15) is 5.11 Å². The molecule has 8 nitrogen and oxygen atoms in total. The number of hydrazine groups is 1. The van der Waals surface area contributed by atoms with Crippen LogP contribution in [0.4, 0.5) is 17.8 Å². The first-order valence-electron chi connectivity index (χ1n) is 6.88. The lowest BCUT2D eigenvalue weighted by Crippen LogP contribution is -2.23. The van der Waals surface area contributed by atoms with E-state index in [2.05, 4.69) is 25.7 Å². The Hall–Kier alpha value is -1.67. The van der Waals surface area contributed by atoms with Crippen molar-refractivity contribution in [2.75, 3.05) is 42.9 Å². The molecule has 1 aromatic heterocycles. The van der Waals surface area contributed by atoms with Crippen molar-refractivity contribution in [3.05, 3.63) is 0 Å². The molecule has 1 saturated carbocycles. The van der Waals surface area contributed by atoms with Gasteiger partial charge in [0.05, 0.1) is 0 Å². The Bertz CT molecular complexity index is 440. The third-order valence-electron chi connectivity index (χ3n) is 3.73. The van der Waals surface area contributed by atoms with Crippen molar-refractivity contribution >= 4 is 17.8 Å². The molecule has 0 amide bonds. The first-order valence-corrected chi connectivity index (χ1v) is 6.88. The number of aliphatic hydroxyl groups excluding tert-OH is 1. The van der Waals surface area contributed by atoms with Gasteiger partial charge in [0.2, 0.25) is 17.8 Å². The monoisotopic (exact) mass is 281 g/mol. The lowest BCUT2D eigenvalue weighted by atomic mass is 9.97. The molecule has 0 aliphatic heterocycles. The quantitative estimate of drug-likeness (QED) is 0.427. The van der Waals surface area contributed by atoms with E-state index in [0.29, 0.717) is 29.7 Å². The minimum atomic E-state index is 0.252. The maximum atomic E-state index is 9.33. The molecule has 2 atom stereocenters. The first-order chi connectivity index (χ1) is 9.63. The van der Waals surface area contributed by atoms with Crippen LogP contribution in [0.3, 0.4) is 0 Å². The van der Waals surface area contributed by atoms with Crippen LogP contribution in [0.2, 0.25) is 0 Å². The van der Waals surface area contributed by atoms with Crippen LogP contribution in [0.25, 0.3) is 0 Å². The van der Waals surface area contributed by atoms with Gasteiger partial charge in [-0.3, -0.25) is 5.43 Å². The molecule has 112 valence electrons. The summed E-state index contributed by atoms with van der Waals surface area (Å²) in [6.45, 7) is 1.01. The molecule has 1 heterocycles. The van der Waals surface area contributed by atoms with Crippen LogP contribution in [0, 0.1) is 11.8 Å². The fourth-order valence-electron chi connectivity index (χ4n) is 2.55. The Morgan fingerprint density at radius 1 is 1.20 bits per heavy atom. The van der Waals surface area contributed by atoms with Gasteiger partial charge >= 0.3 is 0 Å². The molecule has 1 aliphatic carbocycles. The highest BCUT2D eigenvalue weighted by molar-refractivity contribution is 5.42. The second-order valence-electron chi connectivity index (χ2n) is 5.34. The average molecular weight is 281 g/mol. The predicted molar refractivity (Wildman–Crippen MR) is 78.4 cm³/mol. The Balaban J connectivity index is 2.03. The van der Waals surface area contributed by atoms with Crippen molar-refractivity contribution in [1.29, 1.82) is 0 Å². The number of nitrogens with one attached hydrogen (secondary N) is 2. The maximum absolute atomic E-state index is 9.33.